The second kappa shape index (κ2) is 11.3. The van der Waals surface area contributed by atoms with Gasteiger partial charge in [0.05, 0.1) is 11.7 Å². The van der Waals surface area contributed by atoms with E-state index < -0.39 is 0 Å². The molecule has 2 atom stereocenters. The molecule has 0 unspecified atom stereocenters. The lowest BCUT2D eigenvalue weighted by Gasteiger charge is -2.37. The van der Waals surface area contributed by atoms with E-state index in [0.717, 1.165) is 49.6 Å². The first-order chi connectivity index (χ1) is 15.7. The van der Waals surface area contributed by atoms with E-state index >= 15 is 0 Å². The zero-order valence-electron chi connectivity index (χ0n) is 18.3. The molecule has 2 aromatic carbocycles. The van der Waals surface area contributed by atoms with Gasteiger partial charge < -0.3 is 5.32 Å². The average molecular weight is 448 g/mol. The van der Waals surface area contributed by atoms with Crippen molar-refractivity contribution >= 4 is 17.5 Å². The molecule has 166 valence electrons. The van der Waals surface area contributed by atoms with Crippen molar-refractivity contribution in [3.05, 3.63) is 101 Å². The summed E-state index contributed by atoms with van der Waals surface area (Å²) >= 11 is 6.18. The lowest BCUT2D eigenvalue weighted by molar-refractivity contribution is -0.122. The molecule has 1 aromatic heterocycles. The summed E-state index contributed by atoms with van der Waals surface area (Å²) in [5.74, 6) is 0.398. The monoisotopic (exact) mass is 447 g/mol. The van der Waals surface area contributed by atoms with Crippen molar-refractivity contribution in [1.29, 1.82) is 0 Å². The number of pyridine rings is 1. The third-order valence-corrected chi connectivity index (χ3v) is 6.35. The smallest absolute Gasteiger partial charge is 0.220 e. The van der Waals surface area contributed by atoms with Gasteiger partial charge in [-0.15, -0.1) is 0 Å². The molecule has 5 heteroatoms. The maximum Gasteiger partial charge on any atom is 0.220 e. The molecule has 1 fully saturated rings. The lowest BCUT2D eigenvalue weighted by atomic mass is 9.88. The molecule has 4 rings (SSSR count). The SMILES string of the molecule is O=C(CCc1ccccc1)N[C@H](c1ccccn1)[C@@H]1CCCN(Cc2cccc(Cl)c2)C1. The third kappa shape index (κ3) is 6.41. The van der Waals surface area contributed by atoms with Crippen LogP contribution < -0.4 is 5.32 Å². The number of rotatable bonds is 8. The van der Waals surface area contributed by atoms with Crippen LogP contribution in [0.5, 0.6) is 0 Å². The summed E-state index contributed by atoms with van der Waals surface area (Å²) in [7, 11) is 0. The zero-order valence-corrected chi connectivity index (χ0v) is 19.0. The summed E-state index contributed by atoms with van der Waals surface area (Å²) in [5.41, 5.74) is 3.34. The highest BCUT2D eigenvalue weighted by Crippen LogP contribution is 2.30. The average Bonchev–Trinajstić information content (AvgIpc) is 2.83. The highest BCUT2D eigenvalue weighted by Gasteiger charge is 2.30. The Bertz CT molecular complexity index is 996. The second-order valence-corrected chi connectivity index (χ2v) is 8.99. The van der Waals surface area contributed by atoms with E-state index in [1.807, 2.05) is 60.8 Å². The summed E-state index contributed by atoms with van der Waals surface area (Å²) in [6.07, 6.45) is 5.21. The second-order valence-electron chi connectivity index (χ2n) is 8.55. The van der Waals surface area contributed by atoms with Crippen LogP contribution in [0.3, 0.4) is 0 Å². The normalized spacial score (nSPS) is 17.6. The van der Waals surface area contributed by atoms with E-state index in [0.29, 0.717) is 12.3 Å². The van der Waals surface area contributed by atoms with E-state index in [9.17, 15) is 4.79 Å². The molecule has 1 amide bonds. The molecule has 1 N–H and O–H groups in total. The Kier molecular flexibility index (Phi) is 7.92. The number of halogens is 1. The highest BCUT2D eigenvalue weighted by atomic mass is 35.5. The minimum Gasteiger partial charge on any atom is -0.347 e. The highest BCUT2D eigenvalue weighted by molar-refractivity contribution is 6.30. The molecule has 0 radical (unpaired) electrons. The predicted octanol–water partition coefficient (Wildman–Crippen LogP) is 5.44. The van der Waals surface area contributed by atoms with Crippen LogP contribution in [-0.2, 0) is 17.8 Å². The van der Waals surface area contributed by atoms with Crippen molar-refractivity contribution in [2.45, 2.75) is 38.3 Å². The fraction of sp³-hybridized carbons (Fsp3) is 0.333. The van der Waals surface area contributed by atoms with Gasteiger partial charge in [0.15, 0.2) is 0 Å². The molecule has 4 nitrogen and oxygen atoms in total. The van der Waals surface area contributed by atoms with Crippen LogP contribution in [-0.4, -0.2) is 28.9 Å². The summed E-state index contributed by atoms with van der Waals surface area (Å²) in [6.45, 7) is 2.85. The number of likely N-dealkylation sites (tertiary alicyclic amines) is 1. The molecular weight excluding hydrogens is 418 g/mol. The van der Waals surface area contributed by atoms with Gasteiger partial charge in [0, 0.05) is 30.7 Å². The number of aromatic nitrogens is 1. The number of aryl methyl sites for hydroxylation is 1. The Hall–Kier alpha value is -2.69. The number of carbonyl (C=O) groups excluding carboxylic acids is 1. The molecule has 0 spiro atoms. The fourth-order valence-electron chi connectivity index (χ4n) is 4.54. The molecular formula is C27H30ClN3O. The first-order valence-electron chi connectivity index (χ1n) is 11.4. The van der Waals surface area contributed by atoms with E-state index in [2.05, 4.69) is 33.4 Å². The van der Waals surface area contributed by atoms with Crippen molar-refractivity contribution < 1.29 is 4.79 Å². The van der Waals surface area contributed by atoms with E-state index in [1.54, 1.807) is 0 Å². The van der Waals surface area contributed by atoms with Crippen molar-refractivity contribution in [1.82, 2.24) is 15.2 Å². The molecule has 2 heterocycles. The quantitative estimate of drug-likeness (QED) is 0.500. The van der Waals surface area contributed by atoms with Gasteiger partial charge in [-0.25, -0.2) is 0 Å². The van der Waals surface area contributed by atoms with Gasteiger partial charge in [-0.3, -0.25) is 14.7 Å². The summed E-state index contributed by atoms with van der Waals surface area (Å²) in [6, 6.07) is 24.1. The van der Waals surface area contributed by atoms with Crippen LogP contribution in [0.15, 0.2) is 79.0 Å². The maximum absolute atomic E-state index is 12.9. The van der Waals surface area contributed by atoms with E-state index in [1.165, 1.54) is 11.1 Å². The Balaban J connectivity index is 1.43. The maximum atomic E-state index is 12.9. The Labute approximate surface area is 195 Å². The van der Waals surface area contributed by atoms with Crippen LogP contribution in [0.2, 0.25) is 5.02 Å². The number of hydrogen-bond acceptors (Lipinski definition) is 3. The van der Waals surface area contributed by atoms with Gasteiger partial charge in [-0.05, 0) is 67.1 Å². The topological polar surface area (TPSA) is 45.2 Å². The predicted molar refractivity (Wildman–Crippen MR) is 129 cm³/mol. The van der Waals surface area contributed by atoms with Crippen LogP contribution in [0.1, 0.15) is 42.1 Å². The number of amides is 1. The van der Waals surface area contributed by atoms with Gasteiger partial charge in [0.2, 0.25) is 5.91 Å². The Morgan fingerprint density at radius 2 is 1.88 bits per heavy atom. The van der Waals surface area contributed by atoms with Crippen LogP contribution in [0, 0.1) is 5.92 Å². The molecule has 0 saturated carbocycles. The van der Waals surface area contributed by atoms with Gasteiger partial charge in [-0.1, -0.05) is 60.1 Å². The van der Waals surface area contributed by atoms with Crippen LogP contribution in [0.4, 0.5) is 0 Å². The molecule has 1 aliphatic rings. The molecule has 32 heavy (non-hydrogen) atoms. The van der Waals surface area contributed by atoms with Crippen molar-refractivity contribution in [2.24, 2.45) is 5.92 Å². The molecule has 0 aliphatic carbocycles. The number of hydrogen-bond donors (Lipinski definition) is 1. The number of benzene rings is 2. The number of nitrogens with zero attached hydrogens (tertiary/aromatic N) is 2. The van der Waals surface area contributed by atoms with E-state index in [-0.39, 0.29) is 11.9 Å². The minimum atomic E-state index is -0.0818. The summed E-state index contributed by atoms with van der Waals surface area (Å²) < 4.78 is 0. The first kappa shape index (κ1) is 22.5. The molecule has 1 aliphatic heterocycles. The Morgan fingerprint density at radius 3 is 2.66 bits per heavy atom. The number of piperidine rings is 1. The molecule has 1 saturated heterocycles. The zero-order chi connectivity index (χ0) is 22.2. The van der Waals surface area contributed by atoms with Gasteiger partial charge in [-0.2, -0.15) is 0 Å². The number of nitrogens with one attached hydrogen (secondary N) is 1. The minimum absolute atomic E-state index is 0.0801. The fourth-order valence-corrected chi connectivity index (χ4v) is 4.75. The standard InChI is InChI=1S/C27H30ClN3O/c28-24-12-6-10-22(18-24)19-31-17-7-11-23(20-31)27(25-13-4-5-16-29-25)30-26(32)15-14-21-8-2-1-3-9-21/h1-6,8-10,12-13,16,18,23,27H,7,11,14-15,17,19-20H2,(H,30,32)/t23-,27+/m1/s1. The summed E-state index contributed by atoms with van der Waals surface area (Å²) in [5, 5.41) is 4.09. The van der Waals surface area contributed by atoms with Crippen molar-refractivity contribution in [3.63, 3.8) is 0 Å². The third-order valence-electron chi connectivity index (χ3n) is 6.12. The van der Waals surface area contributed by atoms with Gasteiger partial charge >= 0.3 is 0 Å². The number of carbonyl (C=O) groups is 1. The van der Waals surface area contributed by atoms with Crippen LogP contribution >= 0.6 is 11.6 Å². The van der Waals surface area contributed by atoms with Crippen LogP contribution in [0.25, 0.3) is 0 Å². The largest absolute Gasteiger partial charge is 0.347 e. The van der Waals surface area contributed by atoms with Gasteiger partial charge in [0.25, 0.3) is 0 Å². The first-order valence-corrected chi connectivity index (χ1v) is 11.8. The Morgan fingerprint density at radius 1 is 1.06 bits per heavy atom. The van der Waals surface area contributed by atoms with Crippen molar-refractivity contribution in [2.75, 3.05) is 13.1 Å². The summed E-state index contributed by atoms with van der Waals surface area (Å²) in [4.78, 5) is 19.9. The van der Waals surface area contributed by atoms with E-state index in [4.69, 9.17) is 11.6 Å². The molecule has 3 aromatic rings. The van der Waals surface area contributed by atoms with Gasteiger partial charge in [0.1, 0.15) is 0 Å². The van der Waals surface area contributed by atoms with Crippen molar-refractivity contribution in [3.8, 4) is 0 Å². The molecule has 0 bridgehead atoms. The lowest BCUT2D eigenvalue weighted by Crippen LogP contribution is -2.43.